The van der Waals surface area contributed by atoms with E-state index in [-0.39, 0.29) is 4.90 Å². The number of fused-ring (bicyclic) bond motifs is 1. The molecule has 0 radical (unpaired) electrons. The van der Waals surface area contributed by atoms with Crippen molar-refractivity contribution in [1.82, 2.24) is 4.98 Å². The minimum Gasteiger partial charge on any atom is -0.475 e. The van der Waals surface area contributed by atoms with Gasteiger partial charge in [-0.2, -0.15) is 13.2 Å². The van der Waals surface area contributed by atoms with Crippen LogP contribution in [0.1, 0.15) is 0 Å². The van der Waals surface area contributed by atoms with Gasteiger partial charge in [0.1, 0.15) is 5.58 Å². The third-order valence-electron chi connectivity index (χ3n) is 4.07. The Kier molecular flexibility index (Phi) is 6.49. The van der Waals surface area contributed by atoms with Gasteiger partial charge in [-0.1, -0.05) is 24.3 Å². The fraction of sp³-hybridized carbons (Fsp3) is 0.0476. The molecule has 0 atom stereocenters. The van der Waals surface area contributed by atoms with Gasteiger partial charge in [0.05, 0.1) is 16.8 Å². The Labute approximate surface area is 180 Å². The van der Waals surface area contributed by atoms with Gasteiger partial charge < -0.3 is 9.52 Å². The minimum atomic E-state index is -5.08. The van der Waals surface area contributed by atoms with Crippen LogP contribution < -0.4 is 4.72 Å². The molecular formula is C21H15F3N2O5S. The maximum Gasteiger partial charge on any atom is 0.490 e. The average molecular weight is 464 g/mol. The summed E-state index contributed by atoms with van der Waals surface area (Å²) in [6, 6.07) is 17.3. The first-order valence-electron chi connectivity index (χ1n) is 8.87. The van der Waals surface area contributed by atoms with Gasteiger partial charge in [0, 0.05) is 28.9 Å². The first kappa shape index (κ1) is 22.8. The van der Waals surface area contributed by atoms with Crippen molar-refractivity contribution >= 4 is 32.6 Å². The zero-order valence-corrected chi connectivity index (χ0v) is 16.9. The predicted molar refractivity (Wildman–Crippen MR) is 110 cm³/mol. The Hall–Kier alpha value is -3.86. The topological polar surface area (TPSA) is 110 Å². The number of nitrogens with one attached hydrogen (secondary N) is 1. The maximum atomic E-state index is 12.6. The quantitative estimate of drug-likeness (QED) is 0.443. The molecule has 0 saturated heterocycles. The molecule has 0 bridgehead atoms. The standard InChI is InChI=1S/C19H14N2O3S.C2HF3O2/c22-25(23,17-6-2-1-3-7-17)21-16-11-14-8-10-24-19(14)18(12-16)15-5-4-9-20-13-15;3-2(4,5)1(6)7/h1-13,21H;(H,6,7). The van der Waals surface area contributed by atoms with Crippen LogP contribution in [0.5, 0.6) is 0 Å². The summed E-state index contributed by atoms with van der Waals surface area (Å²) in [6.45, 7) is 0. The van der Waals surface area contributed by atoms with E-state index < -0.39 is 22.2 Å². The molecule has 4 rings (SSSR count). The number of rotatable bonds is 4. The van der Waals surface area contributed by atoms with Crippen molar-refractivity contribution in [2.24, 2.45) is 0 Å². The summed E-state index contributed by atoms with van der Waals surface area (Å²) < 4.78 is 65.1. The highest BCUT2D eigenvalue weighted by Crippen LogP contribution is 2.33. The Morgan fingerprint density at radius 3 is 2.31 bits per heavy atom. The summed E-state index contributed by atoms with van der Waals surface area (Å²) in [4.78, 5) is 13.2. The number of alkyl halides is 3. The van der Waals surface area contributed by atoms with Gasteiger partial charge in [0.25, 0.3) is 10.0 Å². The number of carboxylic acids is 1. The SMILES string of the molecule is O=C(O)C(F)(F)F.O=S(=O)(Nc1cc(-c2cccnc2)c2occc2c1)c1ccccc1. The first-order chi connectivity index (χ1) is 15.1. The third-order valence-corrected chi connectivity index (χ3v) is 5.47. The molecule has 2 N–H and O–H groups in total. The summed E-state index contributed by atoms with van der Waals surface area (Å²) in [6.07, 6.45) is -0.0996. The third kappa shape index (κ3) is 5.43. The van der Waals surface area contributed by atoms with Crippen LogP contribution in [0.4, 0.5) is 18.9 Å². The first-order valence-corrected chi connectivity index (χ1v) is 10.4. The number of sulfonamides is 1. The highest BCUT2D eigenvalue weighted by Gasteiger charge is 2.38. The van der Waals surface area contributed by atoms with E-state index in [0.717, 1.165) is 16.5 Å². The molecule has 0 unspecified atom stereocenters. The zero-order chi connectivity index (χ0) is 23.4. The molecule has 0 amide bonds. The average Bonchev–Trinajstić information content (AvgIpc) is 3.22. The van der Waals surface area contributed by atoms with Crippen LogP contribution in [0.3, 0.4) is 0 Å². The molecule has 0 saturated carbocycles. The Bertz CT molecular complexity index is 1320. The molecule has 4 aromatic rings. The summed E-state index contributed by atoms with van der Waals surface area (Å²) in [5.41, 5.74) is 2.79. The molecule has 0 aliphatic rings. The lowest BCUT2D eigenvalue weighted by molar-refractivity contribution is -0.192. The van der Waals surface area contributed by atoms with E-state index in [0.29, 0.717) is 11.3 Å². The summed E-state index contributed by atoms with van der Waals surface area (Å²) in [5, 5.41) is 7.94. The van der Waals surface area contributed by atoms with E-state index in [9.17, 15) is 21.6 Å². The number of aliphatic carboxylic acids is 1. The van der Waals surface area contributed by atoms with Gasteiger partial charge in [-0.25, -0.2) is 13.2 Å². The molecular weight excluding hydrogens is 449 g/mol. The highest BCUT2D eigenvalue weighted by molar-refractivity contribution is 7.92. The van der Waals surface area contributed by atoms with E-state index >= 15 is 0 Å². The Morgan fingerprint density at radius 1 is 1.03 bits per heavy atom. The molecule has 2 heterocycles. The monoisotopic (exact) mass is 464 g/mol. The lowest BCUT2D eigenvalue weighted by Gasteiger charge is -2.10. The number of nitrogens with zero attached hydrogens (tertiary/aromatic N) is 1. The van der Waals surface area contributed by atoms with E-state index in [2.05, 4.69) is 9.71 Å². The number of hydrogen-bond acceptors (Lipinski definition) is 5. The Balaban J connectivity index is 0.000000360. The fourth-order valence-corrected chi connectivity index (χ4v) is 3.75. The van der Waals surface area contributed by atoms with Crippen molar-refractivity contribution in [3.05, 3.63) is 79.3 Å². The van der Waals surface area contributed by atoms with Gasteiger partial charge in [-0.3, -0.25) is 9.71 Å². The van der Waals surface area contributed by atoms with Crippen LogP contribution in [-0.4, -0.2) is 30.7 Å². The van der Waals surface area contributed by atoms with Gasteiger partial charge >= 0.3 is 12.1 Å². The van der Waals surface area contributed by atoms with Crippen LogP contribution >= 0.6 is 0 Å². The van der Waals surface area contributed by atoms with Crippen molar-refractivity contribution in [2.45, 2.75) is 11.1 Å². The van der Waals surface area contributed by atoms with Crippen LogP contribution in [0, 0.1) is 0 Å². The molecule has 0 spiro atoms. The summed E-state index contributed by atoms with van der Waals surface area (Å²) >= 11 is 0. The summed E-state index contributed by atoms with van der Waals surface area (Å²) in [7, 11) is -3.66. The van der Waals surface area contributed by atoms with E-state index in [4.69, 9.17) is 14.3 Å². The highest BCUT2D eigenvalue weighted by atomic mass is 32.2. The number of pyridine rings is 1. The number of anilines is 1. The fourth-order valence-electron chi connectivity index (χ4n) is 2.69. The molecule has 2 aromatic heterocycles. The predicted octanol–water partition coefficient (Wildman–Crippen LogP) is 4.93. The molecule has 0 aliphatic carbocycles. The second-order valence-electron chi connectivity index (χ2n) is 6.33. The normalized spacial score (nSPS) is 11.5. The largest absolute Gasteiger partial charge is 0.490 e. The van der Waals surface area contributed by atoms with Gasteiger partial charge in [0.15, 0.2) is 0 Å². The Morgan fingerprint density at radius 2 is 1.72 bits per heavy atom. The molecule has 0 fully saturated rings. The van der Waals surface area contributed by atoms with E-state index in [1.54, 1.807) is 67.2 Å². The van der Waals surface area contributed by atoms with Crippen LogP contribution in [-0.2, 0) is 14.8 Å². The number of aromatic nitrogens is 1. The number of hydrogen-bond donors (Lipinski definition) is 2. The second kappa shape index (κ2) is 9.10. The van der Waals surface area contributed by atoms with Crippen molar-refractivity contribution in [1.29, 1.82) is 0 Å². The number of furan rings is 1. The van der Waals surface area contributed by atoms with E-state index in [1.165, 1.54) is 0 Å². The molecule has 32 heavy (non-hydrogen) atoms. The van der Waals surface area contributed by atoms with Gasteiger partial charge in [0.2, 0.25) is 0 Å². The molecule has 0 aliphatic heterocycles. The lowest BCUT2D eigenvalue weighted by atomic mass is 10.0. The van der Waals surface area contributed by atoms with Crippen molar-refractivity contribution < 1.29 is 35.9 Å². The lowest BCUT2D eigenvalue weighted by Crippen LogP contribution is -2.21. The number of benzene rings is 2. The zero-order valence-electron chi connectivity index (χ0n) is 16.1. The molecule has 11 heteroatoms. The maximum absolute atomic E-state index is 12.6. The van der Waals surface area contributed by atoms with Gasteiger partial charge in [-0.15, -0.1) is 0 Å². The van der Waals surface area contributed by atoms with Crippen LogP contribution in [0.2, 0.25) is 0 Å². The molecule has 7 nitrogen and oxygen atoms in total. The van der Waals surface area contributed by atoms with Crippen LogP contribution in [0.25, 0.3) is 22.1 Å². The smallest absolute Gasteiger partial charge is 0.475 e. The van der Waals surface area contributed by atoms with E-state index in [1.807, 2.05) is 12.1 Å². The molecule has 166 valence electrons. The minimum absolute atomic E-state index is 0.213. The number of halogens is 3. The second-order valence-corrected chi connectivity index (χ2v) is 8.01. The molecule has 2 aromatic carbocycles. The van der Waals surface area contributed by atoms with Crippen molar-refractivity contribution in [3.63, 3.8) is 0 Å². The number of carboxylic acid groups (broad SMARTS) is 1. The number of carbonyl (C=O) groups is 1. The van der Waals surface area contributed by atoms with Crippen molar-refractivity contribution in [2.75, 3.05) is 4.72 Å². The van der Waals surface area contributed by atoms with Crippen molar-refractivity contribution in [3.8, 4) is 11.1 Å². The summed E-state index contributed by atoms with van der Waals surface area (Å²) in [5.74, 6) is -2.76. The van der Waals surface area contributed by atoms with Gasteiger partial charge in [-0.05, 0) is 36.4 Å². The van der Waals surface area contributed by atoms with Crippen LogP contribution in [0.15, 0.2) is 88.6 Å².